The van der Waals surface area contributed by atoms with Gasteiger partial charge in [-0.25, -0.2) is 4.79 Å². The van der Waals surface area contributed by atoms with Gasteiger partial charge >= 0.3 is 6.09 Å². The average Bonchev–Trinajstić information content (AvgIpc) is 3.14. The van der Waals surface area contributed by atoms with Crippen LogP contribution >= 0.6 is 0 Å². The van der Waals surface area contributed by atoms with Crippen molar-refractivity contribution in [2.24, 2.45) is 0 Å². The first-order chi connectivity index (χ1) is 13.7. The molecule has 1 atom stereocenters. The fourth-order valence-electron chi connectivity index (χ4n) is 3.60. The highest BCUT2D eigenvalue weighted by Gasteiger charge is 2.39. The fourth-order valence-corrected chi connectivity index (χ4v) is 3.60. The summed E-state index contributed by atoms with van der Waals surface area (Å²) in [7, 11) is 1.64. The minimum absolute atomic E-state index is 0.00669. The van der Waals surface area contributed by atoms with E-state index in [4.69, 9.17) is 9.47 Å². The van der Waals surface area contributed by atoms with Gasteiger partial charge in [-0.1, -0.05) is 0 Å². The van der Waals surface area contributed by atoms with Crippen LogP contribution in [0, 0.1) is 0 Å². The highest BCUT2D eigenvalue weighted by atomic mass is 16.6. The maximum Gasteiger partial charge on any atom is 0.410 e. The van der Waals surface area contributed by atoms with E-state index in [1.165, 1.54) is 0 Å². The number of rotatable bonds is 7. The molecule has 1 N–H and O–H groups in total. The predicted molar refractivity (Wildman–Crippen MR) is 108 cm³/mol. The molecule has 0 radical (unpaired) electrons. The zero-order chi connectivity index (χ0) is 21.4. The molecule has 0 aromatic carbocycles. The molecular weight excluding hydrogens is 376 g/mol. The number of hydrogen-bond donors (Lipinski definition) is 1. The molecule has 29 heavy (non-hydrogen) atoms. The Balaban J connectivity index is 1.77. The summed E-state index contributed by atoms with van der Waals surface area (Å²) in [4.78, 5) is 42.8. The maximum absolute atomic E-state index is 13.0. The molecule has 0 unspecified atom stereocenters. The summed E-state index contributed by atoms with van der Waals surface area (Å²) in [5, 5.41) is 2.88. The molecule has 2 aliphatic heterocycles. The summed E-state index contributed by atoms with van der Waals surface area (Å²) in [5.74, 6) is -0.0233. The van der Waals surface area contributed by atoms with Crippen molar-refractivity contribution in [2.75, 3.05) is 59.5 Å². The van der Waals surface area contributed by atoms with Crippen LogP contribution in [-0.4, -0.2) is 104 Å². The van der Waals surface area contributed by atoms with E-state index in [-0.39, 0.29) is 11.8 Å². The largest absolute Gasteiger partial charge is 0.444 e. The second-order valence-electron chi connectivity index (χ2n) is 8.63. The molecule has 3 amide bonds. The van der Waals surface area contributed by atoms with Crippen LogP contribution in [0.4, 0.5) is 4.79 Å². The Morgan fingerprint density at radius 1 is 1.07 bits per heavy atom. The molecule has 2 fully saturated rings. The third-order valence-corrected chi connectivity index (χ3v) is 5.06. The van der Waals surface area contributed by atoms with Crippen LogP contribution in [0.2, 0.25) is 0 Å². The van der Waals surface area contributed by atoms with E-state index in [9.17, 15) is 14.4 Å². The minimum Gasteiger partial charge on any atom is -0.444 e. The van der Waals surface area contributed by atoms with Crippen LogP contribution in [0.5, 0.6) is 0 Å². The van der Waals surface area contributed by atoms with Crippen molar-refractivity contribution >= 4 is 17.9 Å². The summed E-state index contributed by atoms with van der Waals surface area (Å²) < 4.78 is 10.4. The zero-order valence-corrected chi connectivity index (χ0v) is 18.2. The first-order valence-electron chi connectivity index (χ1n) is 10.5. The fraction of sp³-hybridized carbons (Fsp3) is 0.850. The van der Waals surface area contributed by atoms with Gasteiger partial charge in [0.1, 0.15) is 11.6 Å². The lowest BCUT2D eigenvalue weighted by Crippen LogP contribution is -2.55. The van der Waals surface area contributed by atoms with Gasteiger partial charge < -0.3 is 19.7 Å². The van der Waals surface area contributed by atoms with Gasteiger partial charge in [0, 0.05) is 53.0 Å². The number of carbonyl (C=O) groups excluding carboxylic acids is 3. The summed E-state index contributed by atoms with van der Waals surface area (Å²) >= 11 is 0. The van der Waals surface area contributed by atoms with Gasteiger partial charge in [0.2, 0.25) is 11.8 Å². The van der Waals surface area contributed by atoms with Crippen molar-refractivity contribution in [3.8, 4) is 0 Å². The predicted octanol–water partition coefficient (Wildman–Crippen LogP) is 0.683. The highest BCUT2D eigenvalue weighted by Crippen LogP contribution is 2.23. The second-order valence-corrected chi connectivity index (χ2v) is 8.63. The first-order valence-corrected chi connectivity index (χ1v) is 10.5. The van der Waals surface area contributed by atoms with Gasteiger partial charge in [-0.3, -0.25) is 19.4 Å². The molecule has 0 saturated carbocycles. The molecule has 0 aliphatic carbocycles. The number of methoxy groups -OCH3 is 1. The van der Waals surface area contributed by atoms with Crippen LogP contribution in [0.1, 0.15) is 40.0 Å². The number of carbonyl (C=O) groups is 3. The molecule has 2 aliphatic rings. The monoisotopic (exact) mass is 412 g/mol. The molecule has 0 bridgehead atoms. The normalized spacial score (nSPS) is 20.6. The summed E-state index contributed by atoms with van der Waals surface area (Å²) in [6, 6.07) is -0.444. The Morgan fingerprint density at radius 2 is 1.76 bits per heavy atom. The molecule has 166 valence electrons. The number of nitrogens with one attached hydrogen (secondary N) is 1. The van der Waals surface area contributed by atoms with E-state index in [0.717, 1.165) is 12.8 Å². The quantitative estimate of drug-likeness (QED) is 0.619. The molecule has 0 aromatic rings. The number of ether oxygens (including phenoxy) is 2. The molecular formula is C20H36N4O5. The molecule has 9 heteroatoms. The Kier molecular flexibility index (Phi) is 8.70. The number of piperazine rings is 1. The van der Waals surface area contributed by atoms with Crippen LogP contribution in [0.3, 0.4) is 0 Å². The Labute approximate surface area is 173 Å². The van der Waals surface area contributed by atoms with Crippen molar-refractivity contribution in [3.63, 3.8) is 0 Å². The third-order valence-electron chi connectivity index (χ3n) is 5.06. The number of amides is 3. The third kappa shape index (κ3) is 7.47. The topological polar surface area (TPSA) is 91.4 Å². The van der Waals surface area contributed by atoms with Crippen LogP contribution in [0.25, 0.3) is 0 Å². The van der Waals surface area contributed by atoms with E-state index < -0.39 is 17.7 Å². The van der Waals surface area contributed by atoms with Crippen molar-refractivity contribution in [3.05, 3.63) is 0 Å². The summed E-state index contributed by atoms with van der Waals surface area (Å²) in [6.07, 6.45) is 1.85. The lowest BCUT2D eigenvalue weighted by Gasteiger charge is -2.37. The van der Waals surface area contributed by atoms with Crippen LogP contribution in [0.15, 0.2) is 0 Å². The minimum atomic E-state index is -0.580. The SMILES string of the molecule is COCCCNC(=O)CN1CCN(C(=O)[C@@H]2CCCN2C(=O)OC(C)(C)C)CC1. The van der Waals surface area contributed by atoms with Crippen molar-refractivity contribution in [1.82, 2.24) is 20.0 Å². The average molecular weight is 413 g/mol. The molecule has 2 heterocycles. The number of nitrogens with zero attached hydrogens (tertiary/aromatic N) is 3. The highest BCUT2D eigenvalue weighted by molar-refractivity contribution is 5.86. The van der Waals surface area contributed by atoms with Gasteiger partial charge in [0.15, 0.2) is 0 Å². The number of hydrogen-bond acceptors (Lipinski definition) is 6. The Bertz CT molecular complexity index is 570. The van der Waals surface area contributed by atoms with Crippen LogP contribution < -0.4 is 5.32 Å². The molecule has 2 saturated heterocycles. The van der Waals surface area contributed by atoms with E-state index in [1.807, 2.05) is 20.8 Å². The Hall–Kier alpha value is -1.87. The molecule has 2 rings (SSSR count). The molecule has 0 aromatic heterocycles. The first kappa shape index (κ1) is 23.4. The number of likely N-dealkylation sites (tertiary alicyclic amines) is 1. The maximum atomic E-state index is 13.0. The van der Waals surface area contributed by atoms with E-state index in [0.29, 0.717) is 58.8 Å². The Morgan fingerprint density at radius 3 is 2.38 bits per heavy atom. The summed E-state index contributed by atoms with van der Waals surface area (Å²) in [6.45, 7) is 10.0. The van der Waals surface area contributed by atoms with Crippen molar-refractivity contribution in [2.45, 2.75) is 51.7 Å². The lowest BCUT2D eigenvalue weighted by atomic mass is 10.1. The van der Waals surface area contributed by atoms with Gasteiger partial charge in [-0.05, 0) is 40.0 Å². The van der Waals surface area contributed by atoms with Gasteiger partial charge in [0.05, 0.1) is 6.54 Å². The standard InChI is InChI=1S/C20H36N4O5/c1-20(2,3)29-19(27)24-9-5-7-16(24)18(26)23-12-10-22(11-13-23)15-17(25)21-8-6-14-28-4/h16H,5-15H2,1-4H3,(H,21,25)/t16-/m0/s1. The van der Waals surface area contributed by atoms with Gasteiger partial charge in [0.25, 0.3) is 0 Å². The molecule has 0 spiro atoms. The second kappa shape index (κ2) is 10.8. The van der Waals surface area contributed by atoms with Crippen LogP contribution in [-0.2, 0) is 19.1 Å². The van der Waals surface area contributed by atoms with Gasteiger partial charge in [-0.15, -0.1) is 0 Å². The van der Waals surface area contributed by atoms with Crippen molar-refractivity contribution < 1.29 is 23.9 Å². The molecule has 9 nitrogen and oxygen atoms in total. The zero-order valence-electron chi connectivity index (χ0n) is 18.2. The summed E-state index contributed by atoms with van der Waals surface area (Å²) in [5.41, 5.74) is -0.580. The van der Waals surface area contributed by atoms with E-state index in [1.54, 1.807) is 16.9 Å². The van der Waals surface area contributed by atoms with Gasteiger partial charge in [-0.2, -0.15) is 0 Å². The van der Waals surface area contributed by atoms with E-state index >= 15 is 0 Å². The van der Waals surface area contributed by atoms with Crippen molar-refractivity contribution in [1.29, 1.82) is 0 Å². The smallest absolute Gasteiger partial charge is 0.410 e. The lowest BCUT2D eigenvalue weighted by molar-refractivity contribution is -0.137. The van der Waals surface area contributed by atoms with E-state index in [2.05, 4.69) is 10.2 Å².